The van der Waals surface area contributed by atoms with Gasteiger partial charge in [-0.25, -0.2) is 9.97 Å². The Kier molecular flexibility index (Phi) is 1.89. The fourth-order valence-corrected chi connectivity index (χ4v) is 0.897. The summed E-state index contributed by atoms with van der Waals surface area (Å²) in [6.45, 7) is 0. The van der Waals surface area contributed by atoms with Crippen LogP contribution >= 0.6 is 0 Å². The minimum Gasteiger partial charge on any atom is -0.253 e. The van der Waals surface area contributed by atoms with E-state index in [-0.39, 0.29) is 0 Å². The lowest BCUT2D eigenvalue weighted by Gasteiger charge is -1.89. The summed E-state index contributed by atoms with van der Waals surface area (Å²) in [6.07, 6.45) is 4.54. The molecule has 0 N–H and O–H groups in total. The van der Waals surface area contributed by atoms with Crippen molar-refractivity contribution in [1.29, 1.82) is 0 Å². The molecule has 0 aliphatic carbocycles. The number of rotatable bonds is 1. The number of nitrogens with zero attached hydrogens (tertiary/aromatic N) is 2. The maximum Gasteiger partial charge on any atom is 0.130 e. The van der Waals surface area contributed by atoms with Crippen LogP contribution in [0, 0.1) is 0 Å². The molecule has 1 aromatic rings. The molecule has 0 aliphatic heterocycles. The van der Waals surface area contributed by atoms with Crippen LogP contribution in [0.15, 0.2) is 23.6 Å². The van der Waals surface area contributed by atoms with Gasteiger partial charge in [0.1, 0.15) is 11.4 Å². The van der Waals surface area contributed by atoms with E-state index < -0.39 is 10.8 Å². The van der Waals surface area contributed by atoms with E-state index in [1.165, 1.54) is 6.33 Å². The third-order valence-corrected chi connectivity index (χ3v) is 1.68. The van der Waals surface area contributed by atoms with Crippen LogP contribution in [0.5, 0.6) is 0 Å². The fourth-order valence-electron chi connectivity index (χ4n) is 0.449. The normalized spacial score (nSPS) is 13.0. The lowest BCUT2D eigenvalue weighted by Crippen LogP contribution is -1.90. The highest BCUT2D eigenvalue weighted by molar-refractivity contribution is 7.84. The SMILES string of the molecule is C[S@@](=O)c1ccncn1. The van der Waals surface area contributed by atoms with Crippen LogP contribution in [0.25, 0.3) is 0 Å². The van der Waals surface area contributed by atoms with Gasteiger partial charge in [0, 0.05) is 12.5 Å². The fraction of sp³-hybridized carbons (Fsp3) is 0.200. The van der Waals surface area contributed by atoms with Crippen molar-refractivity contribution in [2.24, 2.45) is 0 Å². The molecule has 1 heterocycles. The maximum absolute atomic E-state index is 10.7. The molecule has 0 radical (unpaired) electrons. The van der Waals surface area contributed by atoms with Gasteiger partial charge in [-0.3, -0.25) is 4.21 Å². The first kappa shape index (κ1) is 6.35. The number of hydrogen-bond donors (Lipinski definition) is 0. The third-order valence-electron chi connectivity index (χ3n) is 0.849. The Morgan fingerprint density at radius 2 is 2.44 bits per heavy atom. The van der Waals surface area contributed by atoms with Gasteiger partial charge in [0.15, 0.2) is 0 Å². The molecule has 0 unspecified atom stereocenters. The molecule has 0 saturated heterocycles. The second kappa shape index (κ2) is 2.68. The van der Waals surface area contributed by atoms with Gasteiger partial charge in [0.2, 0.25) is 0 Å². The molecule has 0 aromatic carbocycles. The molecule has 3 nitrogen and oxygen atoms in total. The standard InChI is InChI=1S/C5H6N2OS/c1-9(8)5-2-3-6-4-7-5/h2-4H,1H3/t9-/m1/s1. The second-order valence-electron chi connectivity index (χ2n) is 1.50. The predicted molar refractivity (Wildman–Crippen MR) is 34.4 cm³/mol. The highest BCUT2D eigenvalue weighted by Gasteiger charge is 1.93. The van der Waals surface area contributed by atoms with Crippen molar-refractivity contribution in [2.75, 3.05) is 6.26 Å². The van der Waals surface area contributed by atoms with E-state index in [9.17, 15) is 4.21 Å². The van der Waals surface area contributed by atoms with Gasteiger partial charge >= 0.3 is 0 Å². The summed E-state index contributed by atoms with van der Waals surface area (Å²) in [7, 11) is -0.980. The van der Waals surface area contributed by atoms with E-state index in [0.29, 0.717) is 5.03 Å². The summed E-state index contributed by atoms with van der Waals surface area (Å²) < 4.78 is 10.7. The maximum atomic E-state index is 10.7. The van der Waals surface area contributed by atoms with E-state index in [0.717, 1.165) is 0 Å². The van der Waals surface area contributed by atoms with Gasteiger partial charge in [-0.2, -0.15) is 0 Å². The molecule has 0 saturated carbocycles. The number of aromatic nitrogens is 2. The Morgan fingerprint density at radius 1 is 1.67 bits per heavy atom. The van der Waals surface area contributed by atoms with Crippen molar-refractivity contribution in [1.82, 2.24) is 9.97 Å². The molecule has 0 aliphatic rings. The summed E-state index contributed by atoms with van der Waals surface area (Å²) in [4.78, 5) is 7.45. The molecule has 48 valence electrons. The van der Waals surface area contributed by atoms with E-state index in [4.69, 9.17) is 0 Å². The quantitative estimate of drug-likeness (QED) is 0.526. The summed E-state index contributed by atoms with van der Waals surface area (Å²) >= 11 is 0. The first-order chi connectivity index (χ1) is 4.30. The molecular formula is C5H6N2OS. The predicted octanol–water partition coefficient (Wildman–Crippen LogP) is 0.214. The van der Waals surface area contributed by atoms with Crippen molar-refractivity contribution >= 4 is 10.8 Å². The first-order valence-corrected chi connectivity index (χ1v) is 3.96. The topological polar surface area (TPSA) is 42.9 Å². The summed E-state index contributed by atoms with van der Waals surface area (Å²) in [5, 5.41) is 0.574. The Hall–Kier alpha value is -0.770. The Balaban J connectivity index is 2.98. The van der Waals surface area contributed by atoms with Gasteiger partial charge in [-0.15, -0.1) is 0 Å². The van der Waals surface area contributed by atoms with Crippen LogP contribution < -0.4 is 0 Å². The molecule has 1 atom stereocenters. The van der Waals surface area contributed by atoms with Crippen LogP contribution in [-0.2, 0) is 10.8 Å². The smallest absolute Gasteiger partial charge is 0.130 e. The minimum absolute atomic E-state index is 0.574. The van der Waals surface area contributed by atoms with Gasteiger partial charge < -0.3 is 0 Å². The molecule has 4 heteroatoms. The minimum atomic E-state index is -0.980. The van der Waals surface area contributed by atoms with Crippen molar-refractivity contribution in [2.45, 2.75) is 5.03 Å². The molecular weight excluding hydrogens is 136 g/mol. The Morgan fingerprint density at radius 3 is 2.78 bits per heavy atom. The van der Waals surface area contributed by atoms with E-state index in [2.05, 4.69) is 9.97 Å². The van der Waals surface area contributed by atoms with Crippen molar-refractivity contribution in [3.63, 3.8) is 0 Å². The van der Waals surface area contributed by atoms with Crippen molar-refractivity contribution in [3.05, 3.63) is 18.6 Å². The van der Waals surface area contributed by atoms with Gasteiger partial charge in [-0.1, -0.05) is 0 Å². The molecule has 0 fully saturated rings. The summed E-state index contributed by atoms with van der Waals surface area (Å²) in [5.74, 6) is 0. The zero-order chi connectivity index (χ0) is 6.69. The molecule has 1 aromatic heterocycles. The Labute approximate surface area is 55.6 Å². The zero-order valence-electron chi connectivity index (χ0n) is 4.94. The average molecular weight is 142 g/mol. The van der Waals surface area contributed by atoms with Crippen molar-refractivity contribution in [3.8, 4) is 0 Å². The highest BCUT2D eigenvalue weighted by atomic mass is 32.2. The lowest BCUT2D eigenvalue weighted by atomic mass is 10.7. The van der Waals surface area contributed by atoms with Crippen molar-refractivity contribution < 1.29 is 4.21 Å². The molecule has 0 amide bonds. The summed E-state index contributed by atoms with van der Waals surface area (Å²) in [5.41, 5.74) is 0. The monoisotopic (exact) mass is 142 g/mol. The summed E-state index contributed by atoms with van der Waals surface area (Å²) in [6, 6.07) is 1.64. The molecule has 9 heavy (non-hydrogen) atoms. The van der Waals surface area contributed by atoms with E-state index in [1.54, 1.807) is 18.5 Å². The molecule has 0 bridgehead atoms. The highest BCUT2D eigenvalue weighted by Crippen LogP contribution is 1.94. The number of hydrogen-bond acceptors (Lipinski definition) is 3. The molecule has 0 spiro atoms. The van der Waals surface area contributed by atoms with Crippen LogP contribution in [0.3, 0.4) is 0 Å². The first-order valence-electron chi connectivity index (χ1n) is 2.40. The average Bonchev–Trinajstić information content (AvgIpc) is 1.90. The second-order valence-corrected chi connectivity index (χ2v) is 2.83. The van der Waals surface area contributed by atoms with Crippen LogP contribution in [-0.4, -0.2) is 20.4 Å². The van der Waals surface area contributed by atoms with E-state index in [1.807, 2.05) is 0 Å². The van der Waals surface area contributed by atoms with Gasteiger partial charge in [0.25, 0.3) is 0 Å². The molecule has 1 rings (SSSR count). The lowest BCUT2D eigenvalue weighted by molar-refractivity contribution is 0.683. The largest absolute Gasteiger partial charge is 0.253 e. The zero-order valence-corrected chi connectivity index (χ0v) is 5.76. The third kappa shape index (κ3) is 1.57. The van der Waals surface area contributed by atoms with E-state index >= 15 is 0 Å². The van der Waals surface area contributed by atoms with Crippen LogP contribution in [0.2, 0.25) is 0 Å². The van der Waals surface area contributed by atoms with Crippen LogP contribution in [0.1, 0.15) is 0 Å². The van der Waals surface area contributed by atoms with Gasteiger partial charge in [0.05, 0.1) is 10.8 Å². The van der Waals surface area contributed by atoms with Gasteiger partial charge in [-0.05, 0) is 6.07 Å². The van der Waals surface area contributed by atoms with Crippen LogP contribution in [0.4, 0.5) is 0 Å². The Bertz CT molecular complexity index is 211.